The highest BCUT2D eigenvalue weighted by molar-refractivity contribution is 5.53. The van der Waals surface area contributed by atoms with Crippen molar-refractivity contribution >= 4 is 6.08 Å². The molecule has 0 radical (unpaired) electrons. The van der Waals surface area contributed by atoms with Crippen molar-refractivity contribution in [1.82, 2.24) is 10.2 Å². The molecule has 2 nitrogen and oxygen atoms in total. The molecule has 3 rings (SSSR count). The van der Waals surface area contributed by atoms with Gasteiger partial charge in [0.25, 0.3) is 0 Å². The Morgan fingerprint density at radius 1 is 1.19 bits per heavy atom. The molecule has 2 atom stereocenters. The first-order chi connectivity index (χ1) is 13.0. The van der Waals surface area contributed by atoms with Gasteiger partial charge in [-0.25, -0.2) is 8.78 Å². The van der Waals surface area contributed by atoms with Crippen molar-refractivity contribution in [3.8, 4) is 0 Å². The van der Waals surface area contributed by atoms with E-state index in [4.69, 9.17) is 0 Å². The molecule has 1 aliphatic carbocycles. The minimum absolute atomic E-state index is 0.448. The monoisotopic (exact) mass is 376 g/mol. The maximum Gasteiger partial charge on any atom is 0.133 e. The summed E-state index contributed by atoms with van der Waals surface area (Å²) in [5.41, 5.74) is 1.51. The van der Waals surface area contributed by atoms with Gasteiger partial charge in [-0.1, -0.05) is 30.9 Å². The quantitative estimate of drug-likeness (QED) is 0.686. The molecule has 1 aromatic carbocycles. The molecule has 150 valence electrons. The van der Waals surface area contributed by atoms with Crippen molar-refractivity contribution in [3.05, 3.63) is 41.0 Å². The zero-order valence-electron chi connectivity index (χ0n) is 16.8. The largest absolute Gasteiger partial charge is 0.311 e. The Morgan fingerprint density at radius 2 is 1.96 bits per heavy atom. The summed E-state index contributed by atoms with van der Waals surface area (Å²) in [5, 5.41) is 3.56. The molecule has 2 fully saturated rings. The Bertz CT molecular complexity index is 637. The van der Waals surface area contributed by atoms with E-state index >= 15 is 0 Å². The van der Waals surface area contributed by atoms with Crippen LogP contribution in [-0.4, -0.2) is 36.6 Å². The van der Waals surface area contributed by atoms with Gasteiger partial charge in [-0.05, 0) is 64.1 Å². The minimum atomic E-state index is -0.533. The van der Waals surface area contributed by atoms with Crippen molar-refractivity contribution in [3.63, 3.8) is 0 Å². The molecule has 0 spiro atoms. The third-order valence-corrected chi connectivity index (χ3v) is 6.43. The Kier molecular flexibility index (Phi) is 7.42. The van der Waals surface area contributed by atoms with Crippen LogP contribution in [0.2, 0.25) is 0 Å². The number of halogens is 2. The third-order valence-electron chi connectivity index (χ3n) is 6.43. The zero-order valence-corrected chi connectivity index (χ0v) is 16.8. The molecule has 1 N–H and O–H groups in total. The van der Waals surface area contributed by atoms with Crippen LogP contribution in [0.3, 0.4) is 0 Å². The molecule has 2 aliphatic rings. The Hall–Kier alpha value is -1.26. The van der Waals surface area contributed by atoms with Gasteiger partial charge >= 0.3 is 0 Å². The summed E-state index contributed by atoms with van der Waals surface area (Å²) in [6.07, 6.45) is 11.4. The summed E-state index contributed by atoms with van der Waals surface area (Å²) in [6, 6.07) is 5.04. The molecule has 1 aromatic rings. The van der Waals surface area contributed by atoms with E-state index in [-0.39, 0.29) is 0 Å². The van der Waals surface area contributed by atoms with Gasteiger partial charge in [0.15, 0.2) is 0 Å². The van der Waals surface area contributed by atoms with Crippen molar-refractivity contribution < 1.29 is 8.78 Å². The van der Waals surface area contributed by atoms with Gasteiger partial charge in [-0.15, -0.1) is 0 Å². The van der Waals surface area contributed by atoms with E-state index in [0.29, 0.717) is 17.6 Å². The number of hydrogen-bond donors (Lipinski definition) is 1. The van der Waals surface area contributed by atoms with Crippen molar-refractivity contribution in [2.45, 2.75) is 70.9 Å². The standard InChI is InChI=1S/C23H34F2N2/c1-17(13-20-10-11-21(24)14-23(20)25)15-26-16-22-9-6-12-27(22)18(2)19-7-4-3-5-8-19/h10-11,13-14,18-19,22,26H,3-9,12,15-16H2,1-2H3/t18?,22-/m0/s1. The fraction of sp³-hybridized carbons (Fsp3) is 0.652. The minimum Gasteiger partial charge on any atom is -0.311 e. The molecule has 1 aliphatic heterocycles. The van der Waals surface area contributed by atoms with E-state index in [0.717, 1.165) is 30.6 Å². The van der Waals surface area contributed by atoms with E-state index < -0.39 is 11.6 Å². The molecular formula is C23H34F2N2. The Morgan fingerprint density at radius 3 is 2.70 bits per heavy atom. The number of nitrogens with zero attached hydrogens (tertiary/aromatic N) is 1. The lowest BCUT2D eigenvalue weighted by Crippen LogP contribution is -2.46. The highest BCUT2D eigenvalue weighted by atomic mass is 19.1. The SMILES string of the molecule is CC(=Cc1ccc(F)cc1F)CNC[C@@H]1CCCN1C(C)C1CCCCC1. The average molecular weight is 377 g/mol. The van der Waals surface area contributed by atoms with Crippen LogP contribution in [-0.2, 0) is 0 Å². The number of likely N-dealkylation sites (tertiary alicyclic amines) is 1. The molecule has 1 saturated heterocycles. The number of rotatable bonds is 7. The van der Waals surface area contributed by atoms with Gasteiger partial charge < -0.3 is 5.32 Å². The summed E-state index contributed by atoms with van der Waals surface area (Å²) in [6.45, 7) is 7.36. The summed E-state index contributed by atoms with van der Waals surface area (Å²) in [4.78, 5) is 2.72. The molecule has 1 heterocycles. The predicted octanol–water partition coefficient (Wildman–Crippen LogP) is 5.39. The van der Waals surface area contributed by atoms with Gasteiger partial charge in [-0.2, -0.15) is 0 Å². The molecule has 27 heavy (non-hydrogen) atoms. The highest BCUT2D eigenvalue weighted by Crippen LogP contribution is 2.32. The van der Waals surface area contributed by atoms with E-state index in [9.17, 15) is 8.78 Å². The molecular weight excluding hydrogens is 342 g/mol. The van der Waals surface area contributed by atoms with Crippen LogP contribution in [0.25, 0.3) is 6.08 Å². The molecule has 1 saturated carbocycles. The van der Waals surface area contributed by atoms with Crippen LogP contribution < -0.4 is 5.32 Å². The lowest BCUT2D eigenvalue weighted by atomic mass is 9.84. The summed E-state index contributed by atoms with van der Waals surface area (Å²) < 4.78 is 26.8. The zero-order chi connectivity index (χ0) is 19.2. The van der Waals surface area contributed by atoms with Gasteiger partial charge in [0.1, 0.15) is 11.6 Å². The molecule has 1 unspecified atom stereocenters. The highest BCUT2D eigenvalue weighted by Gasteiger charge is 2.32. The second kappa shape index (κ2) is 9.79. The van der Waals surface area contributed by atoms with Crippen molar-refractivity contribution in [2.75, 3.05) is 19.6 Å². The Balaban J connectivity index is 1.49. The van der Waals surface area contributed by atoms with Crippen molar-refractivity contribution in [1.29, 1.82) is 0 Å². The number of nitrogens with one attached hydrogen (secondary N) is 1. The topological polar surface area (TPSA) is 15.3 Å². The average Bonchev–Trinajstić information content (AvgIpc) is 3.12. The van der Waals surface area contributed by atoms with Crippen LogP contribution in [0.4, 0.5) is 8.78 Å². The van der Waals surface area contributed by atoms with E-state index in [1.165, 1.54) is 63.6 Å². The second-order valence-electron chi connectivity index (χ2n) is 8.46. The summed E-state index contributed by atoms with van der Waals surface area (Å²) in [5.74, 6) is -0.172. The normalized spacial score (nSPS) is 23.7. The van der Waals surface area contributed by atoms with Crippen molar-refractivity contribution in [2.24, 2.45) is 5.92 Å². The van der Waals surface area contributed by atoms with Gasteiger partial charge in [0, 0.05) is 36.8 Å². The first-order valence-corrected chi connectivity index (χ1v) is 10.6. The summed E-state index contributed by atoms with van der Waals surface area (Å²) in [7, 11) is 0. The lowest BCUT2D eigenvalue weighted by molar-refractivity contribution is 0.117. The smallest absolute Gasteiger partial charge is 0.133 e. The van der Waals surface area contributed by atoms with Gasteiger partial charge in [0.05, 0.1) is 0 Å². The van der Waals surface area contributed by atoms with E-state index in [1.807, 2.05) is 6.92 Å². The van der Waals surface area contributed by atoms with Crippen LogP contribution in [0.5, 0.6) is 0 Å². The summed E-state index contributed by atoms with van der Waals surface area (Å²) >= 11 is 0. The number of benzene rings is 1. The maximum absolute atomic E-state index is 13.8. The third kappa shape index (κ3) is 5.61. The van der Waals surface area contributed by atoms with E-state index in [1.54, 1.807) is 6.08 Å². The molecule has 0 bridgehead atoms. The van der Waals surface area contributed by atoms with Crippen LogP contribution >= 0.6 is 0 Å². The fourth-order valence-corrected chi connectivity index (χ4v) is 4.87. The first kappa shape index (κ1) is 20.5. The Labute approximate surface area is 163 Å². The van der Waals surface area contributed by atoms with Gasteiger partial charge in [0.2, 0.25) is 0 Å². The predicted molar refractivity (Wildman–Crippen MR) is 109 cm³/mol. The first-order valence-electron chi connectivity index (χ1n) is 10.6. The number of hydrogen-bond acceptors (Lipinski definition) is 2. The molecule has 0 amide bonds. The maximum atomic E-state index is 13.8. The van der Waals surface area contributed by atoms with E-state index in [2.05, 4.69) is 17.1 Å². The fourth-order valence-electron chi connectivity index (χ4n) is 4.87. The molecule has 4 heteroatoms. The lowest BCUT2D eigenvalue weighted by Gasteiger charge is -2.38. The van der Waals surface area contributed by atoms with Crippen LogP contribution in [0.15, 0.2) is 23.8 Å². The van der Waals surface area contributed by atoms with Gasteiger partial charge in [-0.3, -0.25) is 4.90 Å². The van der Waals surface area contributed by atoms with Crippen LogP contribution in [0.1, 0.15) is 64.4 Å². The molecule has 0 aromatic heterocycles. The van der Waals surface area contributed by atoms with Crippen LogP contribution in [0, 0.1) is 17.6 Å². The second-order valence-corrected chi connectivity index (χ2v) is 8.46.